The van der Waals surface area contributed by atoms with E-state index in [2.05, 4.69) is 25.7 Å². The van der Waals surface area contributed by atoms with E-state index in [9.17, 15) is 8.78 Å². The molecule has 1 aromatic heterocycles. The molecule has 0 N–H and O–H groups in total. The van der Waals surface area contributed by atoms with Crippen molar-refractivity contribution in [3.8, 4) is 5.75 Å². The van der Waals surface area contributed by atoms with Gasteiger partial charge in [-0.1, -0.05) is 41.1 Å². The van der Waals surface area contributed by atoms with Gasteiger partial charge in [-0.3, -0.25) is 4.98 Å². The predicted molar refractivity (Wildman–Crippen MR) is 77.4 cm³/mol. The Kier molecular flexibility index (Phi) is 5.06. The van der Waals surface area contributed by atoms with Gasteiger partial charge in [-0.15, -0.1) is 0 Å². The first-order chi connectivity index (χ1) is 9.59. The summed E-state index contributed by atoms with van der Waals surface area (Å²) in [7, 11) is 0. The maximum Gasteiger partial charge on any atom is 0.387 e. The number of benzene rings is 1. The number of alkyl halides is 3. The molecular formula is C15H14BrF2NO. The fraction of sp³-hybridized carbons (Fsp3) is 0.267. The van der Waals surface area contributed by atoms with Crippen LogP contribution in [0.1, 0.15) is 28.8 Å². The van der Waals surface area contributed by atoms with Crippen molar-refractivity contribution in [2.24, 2.45) is 0 Å². The number of hydrogen-bond donors (Lipinski definition) is 0. The molecule has 0 aliphatic carbocycles. The van der Waals surface area contributed by atoms with Gasteiger partial charge in [-0.2, -0.15) is 8.78 Å². The molecule has 0 saturated carbocycles. The van der Waals surface area contributed by atoms with Gasteiger partial charge in [-0.05, 0) is 29.7 Å². The van der Waals surface area contributed by atoms with Crippen LogP contribution in [0.25, 0.3) is 0 Å². The molecule has 0 fully saturated rings. The van der Waals surface area contributed by atoms with Crippen molar-refractivity contribution in [3.05, 3.63) is 59.9 Å². The van der Waals surface area contributed by atoms with Gasteiger partial charge < -0.3 is 4.74 Å². The third-order valence-electron chi connectivity index (χ3n) is 3.10. The number of aromatic nitrogens is 1. The summed E-state index contributed by atoms with van der Waals surface area (Å²) in [4.78, 5) is 3.85. The van der Waals surface area contributed by atoms with Crippen LogP contribution in [-0.2, 0) is 0 Å². The quantitative estimate of drug-likeness (QED) is 0.720. The van der Waals surface area contributed by atoms with Crippen LogP contribution >= 0.6 is 15.9 Å². The smallest absolute Gasteiger partial charge is 0.387 e. The Hall–Kier alpha value is -1.49. The monoisotopic (exact) mass is 341 g/mol. The highest BCUT2D eigenvalue weighted by atomic mass is 79.9. The molecular weight excluding hydrogens is 328 g/mol. The molecule has 0 aliphatic rings. The van der Waals surface area contributed by atoms with Crippen LogP contribution in [0.5, 0.6) is 5.75 Å². The Morgan fingerprint density at radius 3 is 2.40 bits per heavy atom. The molecule has 0 radical (unpaired) electrons. The molecule has 0 spiro atoms. The zero-order chi connectivity index (χ0) is 14.5. The fourth-order valence-electron chi connectivity index (χ4n) is 2.02. The molecule has 1 heterocycles. The SMILES string of the molecule is CC(c1ccncc1)C(Br)c1ccccc1OC(F)F. The number of hydrogen-bond acceptors (Lipinski definition) is 2. The Labute approximate surface area is 124 Å². The van der Waals surface area contributed by atoms with E-state index in [1.807, 2.05) is 19.1 Å². The number of nitrogens with zero attached hydrogens (tertiary/aromatic N) is 1. The van der Waals surface area contributed by atoms with Crippen LogP contribution < -0.4 is 4.74 Å². The average molecular weight is 342 g/mol. The summed E-state index contributed by atoms with van der Waals surface area (Å²) in [5.74, 6) is 0.297. The van der Waals surface area contributed by atoms with Crippen molar-refractivity contribution in [3.63, 3.8) is 0 Å². The van der Waals surface area contributed by atoms with Gasteiger partial charge in [0.25, 0.3) is 0 Å². The maximum absolute atomic E-state index is 12.4. The number of rotatable bonds is 5. The molecule has 2 nitrogen and oxygen atoms in total. The van der Waals surface area contributed by atoms with E-state index in [4.69, 9.17) is 0 Å². The third kappa shape index (κ3) is 3.54. The predicted octanol–water partition coefficient (Wildman–Crippen LogP) is 4.92. The van der Waals surface area contributed by atoms with Gasteiger partial charge in [0, 0.05) is 22.8 Å². The molecule has 5 heteroatoms. The molecule has 2 unspecified atom stereocenters. The van der Waals surface area contributed by atoms with E-state index in [1.165, 1.54) is 0 Å². The lowest BCUT2D eigenvalue weighted by Crippen LogP contribution is -2.08. The maximum atomic E-state index is 12.4. The molecule has 106 valence electrons. The molecule has 0 bridgehead atoms. The molecule has 2 atom stereocenters. The Bertz CT molecular complexity index is 551. The van der Waals surface area contributed by atoms with Crippen LogP contribution in [0.4, 0.5) is 8.78 Å². The third-order valence-corrected chi connectivity index (χ3v) is 4.39. The minimum atomic E-state index is -2.83. The second kappa shape index (κ2) is 6.79. The molecule has 0 amide bonds. The zero-order valence-electron chi connectivity index (χ0n) is 10.8. The Morgan fingerprint density at radius 2 is 1.75 bits per heavy atom. The Morgan fingerprint density at radius 1 is 1.10 bits per heavy atom. The molecule has 2 rings (SSSR count). The first-order valence-corrected chi connectivity index (χ1v) is 7.09. The van der Waals surface area contributed by atoms with Crippen molar-refractivity contribution < 1.29 is 13.5 Å². The fourth-order valence-corrected chi connectivity index (χ4v) is 2.70. The number of halogens is 3. The minimum Gasteiger partial charge on any atom is -0.435 e. The van der Waals surface area contributed by atoms with E-state index in [-0.39, 0.29) is 16.5 Å². The summed E-state index contributed by atoms with van der Waals surface area (Å²) in [6, 6.07) is 10.6. The molecule has 1 aromatic carbocycles. The van der Waals surface area contributed by atoms with Crippen LogP contribution in [0.3, 0.4) is 0 Å². The van der Waals surface area contributed by atoms with Crippen LogP contribution in [0.2, 0.25) is 0 Å². The van der Waals surface area contributed by atoms with Crippen molar-refractivity contribution in [1.82, 2.24) is 4.98 Å². The topological polar surface area (TPSA) is 22.1 Å². The van der Waals surface area contributed by atoms with Crippen LogP contribution in [0, 0.1) is 0 Å². The lowest BCUT2D eigenvalue weighted by Gasteiger charge is -2.21. The van der Waals surface area contributed by atoms with E-state index in [0.717, 1.165) is 5.56 Å². The van der Waals surface area contributed by atoms with Crippen molar-refractivity contribution >= 4 is 15.9 Å². The second-order valence-corrected chi connectivity index (χ2v) is 5.37. The van der Waals surface area contributed by atoms with Crippen LogP contribution in [-0.4, -0.2) is 11.6 Å². The highest BCUT2D eigenvalue weighted by Gasteiger charge is 2.22. The van der Waals surface area contributed by atoms with E-state index < -0.39 is 6.61 Å². The van der Waals surface area contributed by atoms with Gasteiger partial charge in [0.05, 0.1) is 0 Å². The summed E-state index contributed by atoms with van der Waals surface area (Å²) in [5.41, 5.74) is 1.78. The molecule has 2 aromatic rings. The van der Waals surface area contributed by atoms with Crippen molar-refractivity contribution in [1.29, 1.82) is 0 Å². The summed E-state index contributed by atoms with van der Waals surface area (Å²) < 4.78 is 29.5. The van der Waals surface area contributed by atoms with Gasteiger partial charge in [0.15, 0.2) is 0 Å². The van der Waals surface area contributed by atoms with Crippen LogP contribution in [0.15, 0.2) is 48.8 Å². The lowest BCUT2D eigenvalue weighted by molar-refractivity contribution is -0.0504. The van der Waals surface area contributed by atoms with Gasteiger partial charge in [-0.25, -0.2) is 0 Å². The Balaban J connectivity index is 2.27. The molecule has 0 aliphatic heterocycles. The standard InChI is InChI=1S/C15H14BrF2NO/c1-10(11-6-8-19-9-7-11)14(16)12-4-2-3-5-13(12)20-15(17)18/h2-10,14-15H,1H3. The summed E-state index contributed by atoms with van der Waals surface area (Å²) in [5, 5.41) is 0. The number of para-hydroxylation sites is 1. The van der Waals surface area contributed by atoms with Gasteiger partial charge in [0.2, 0.25) is 0 Å². The summed E-state index contributed by atoms with van der Waals surface area (Å²) in [6.45, 7) is -0.805. The summed E-state index contributed by atoms with van der Waals surface area (Å²) >= 11 is 3.58. The highest BCUT2D eigenvalue weighted by Crippen LogP contribution is 2.41. The van der Waals surface area contributed by atoms with E-state index >= 15 is 0 Å². The second-order valence-electron chi connectivity index (χ2n) is 4.39. The van der Waals surface area contributed by atoms with Gasteiger partial charge >= 0.3 is 6.61 Å². The highest BCUT2D eigenvalue weighted by molar-refractivity contribution is 9.09. The zero-order valence-corrected chi connectivity index (χ0v) is 12.4. The first-order valence-electron chi connectivity index (χ1n) is 6.17. The first kappa shape index (κ1) is 14.9. The van der Waals surface area contributed by atoms with Gasteiger partial charge in [0.1, 0.15) is 5.75 Å². The van der Waals surface area contributed by atoms with Crippen molar-refractivity contribution in [2.45, 2.75) is 24.3 Å². The van der Waals surface area contributed by atoms with Crippen molar-refractivity contribution in [2.75, 3.05) is 0 Å². The molecule has 0 saturated heterocycles. The minimum absolute atomic E-state index is 0.0976. The summed E-state index contributed by atoms with van der Waals surface area (Å²) in [6.07, 6.45) is 3.43. The average Bonchev–Trinajstić information content (AvgIpc) is 2.46. The normalized spacial score (nSPS) is 14.1. The van der Waals surface area contributed by atoms with E-state index in [0.29, 0.717) is 5.56 Å². The number of pyridine rings is 1. The van der Waals surface area contributed by atoms with E-state index in [1.54, 1.807) is 36.7 Å². The molecule has 20 heavy (non-hydrogen) atoms. The largest absolute Gasteiger partial charge is 0.435 e. The number of ether oxygens (including phenoxy) is 1. The lowest BCUT2D eigenvalue weighted by atomic mass is 9.94.